The van der Waals surface area contributed by atoms with Gasteiger partial charge in [-0.2, -0.15) is 5.10 Å². The van der Waals surface area contributed by atoms with Crippen LogP contribution in [0.15, 0.2) is 16.8 Å². The Hall–Kier alpha value is -1.29. The molecule has 0 bridgehead atoms. The minimum atomic E-state index is 0.520. The van der Waals surface area contributed by atoms with E-state index in [0.717, 1.165) is 17.0 Å². The Bertz CT molecular complexity index is 461. The van der Waals surface area contributed by atoms with Gasteiger partial charge in [0.05, 0.1) is 17.5 Å². The van der Waals surface area contributed by atoms with Gasteiger partial charge in [-0.05, 0) is 6.92 Å². The number of halogens is 1. The van der Waals surface area contributed by atoms with Crippen LogP contribution in [0, 0.1) is 6.92 Å². The molecule has 2 aromatic rings. The normalized spacial score (nSPS) is 10.9. The van der Waals surface area contributed by atoms with Crippen molar-refractivity contribution in [1.82, 2.24) is 14.8 Å². The van der Waals surface area contributed by atoms with Gasteiger partial charge in [-0.1, -0.05) is 0 Å². The highest BCUT2D eigenvalue weighted by Crippen LogP contribution is 2.23. The van der Waals surface area contributed by atoms with Gasteiger partial charge in [-0.25, -0.2) is 4.98 Å². The van der Waals surface area contributed by atoms with Crippen molar-refractivity contribution in [3.8, 4) is 11.3 Å². The number of aryl methyl sites for hydroxylation is 3. The monoisotopic (exact) mass is 225 g/mol. The molecule has 0 spiro atoms. The molecular weight excluding hydrogens is 214 g/mol. The van der Waals surface area contributed by atoms with E-state index >= 15 is 0 Å². The number of aromatic nitrogens is 3. The summed E-state index contributed by atoms with van der Waals surface area (Å²) < 4.78 is 7.31. The summed E-state index contributed by atoms with van der Waals surface area (Å²) in [7, 11) is 1.88. The maximum Gasteiger partial charge on any atom is 0.196 e. The quantitative estimate of drug-likeness (QED) is 0.752. The summed E-state index contributed by atoms with van der Waals surface area (Å²) in [6.07, 6.45) is 4.28. The van der Waals surface area contributed by atoms with Crippen LogP contribution in [0.3, 0.4) is 0 Å². The highest BCUT2D eigenvalue weighted by atomic mass is 35.5. The van der Waals surface area contributed by atoms with Gasteiger partial charge in [-0.3, -0.25) is 4.68 Å². The molecule has 0 amide bonds. The van der Waals surface area contributed by atoms with Crippen LogP contribution in [0.4, 0.5) is 0 Å². The molecule has 0 N–H and O–H groups in total. The van der Waals surface area contributed by atoms with Gasteiger partial charge in [0.25, 0.3) is 0 Å². The fraction of sp³-hybridized carbons (Fsp3) is 0.400. The number of rotatable bonds is 3. The average Bonchev–Trinajstić information content (AvgIpc) is 2.73. The van der Waals surface area contributed by atoms with Gasteiger partial charge in [0, 0.05) is 25.5 Å². The Balaban J connectivity index is 2.32. The predicted molar refractivity (Wildman–Crippen MR) is 57.9 cm³/mol. The standard InChI is InChI=1S/C10H12ClN3O/c1-7-8(6-14(2)13-7)9-5-12-10(15-9)3-4-11/h5-6H,3-4H2,1-2H3. The van der Waals surface area contributed by atoms with Crippen LogP contribution in [-0.4, -0.2) is 20.6 Å². The minimum absolute atomic E-state index is 0.520. The van der Waals surface area contributed by atoms with E-state index in [4.69, 9.17) is 16.0 Å². The fourth-order valence-electron chi connectivity index (χ4n) is 1.47. The van der Waals surface area contributed by atoms with Crippen LogP contribution in [0.25, 0.3) is 11.3 Å². The van der Waals surface area contributed by atoms with Crippen LogP contribution in [0.1, 0.15) is 11.6 Å². The van der Waals surface area contributed by atoms with Crippen molar-refractivity contribution in [3.05, 3.63) is 24.0 Å². The first-order valence-corrected chi connectivity index (χ1v) is 5.25. The van der Waals surface area contributed by atoms with Gasteiger partial charge >= 0.3 is 0 Å². The average molecular weight is 226 g/mol. The fourth-order valence-corrected chi connectivity index (χ4v) is 1.63. The summed E-state index contributed by atoms with van der Waals surface area (Å²) in [5.74, 6) is 1.94. The van der Waals surface area contributed by atoms with Gasteiger partial charge in [-0.15, -0.1) is 11.6 Å². The Labute approximate surface area is 92.9 Å². The van der Waals surface area contributed by atoms with E-state index < -0.39 is 0 Å². The Morgan fingerprint density at radius 3 is 2.93 bits per heavy atom. The van der Waals surface area contributed by atoms with Crippen molar-refractivity contribution >= 4 is 11.6 Å². The lowest BCUT2D eigenvalue weighted by Crippen LogP contribution is -1.86. The lowest BCUT2D eigenvalue weighted by atomic mass is 10.2. The molecule has 0 fully saturated rings. The van der Waals surface area contributed by atoms with Crippen LogP contribution in [-0.2, 0) is 13.5 Å². The number of hydrogen-bond donors (Lipinski definition) is 0. The molecule has 80 valence electrons. The van der Waals surface area contributed by atoms with Crippen molar-refractivity contribution in [2.24, 2.45) is 7.05 Å². The number of alkyl halides is 1. The molecule has 0 radical (unpaired) electrons. The molecule has 0 aromatic carbocycles. The SMILES string of the molecule is Cc1nn(C)cc1-c1cnc(CCCl)o1. The Morgan fingerprint density at radius 1 is 1.53 bits per heavy atom. The van der Waals surface area contributed by atoms with Gasteiger partial charge in [0.2, 0.25) is 0 Å². The second-order valence-electron chi connectivity index (χ2n) is 3.36. The molecule has 4 nitrogen and oxygen atoms in total. The predicted octanol–water partition coefficient (Wildman–Crippen LogP) is 2.16. The summed E-state index contributed by atoms with van der Waals surface area (Å²) >= 11 is 5.61. The van der Waals surface area contributed by atoms with Crippen molar-refractivity contribution in [2.45, 2.75) is 13.3 Å². The van der Waals surface area contributed by atoms with E-state index in [2.05, 4.69) is 10.1 Å². The topological polar surface area (TPSA) is 43.9 Å². The molecule has 0 atom stereocenters. The second kappa shape index (κ2) is 4.06. The molecule has 0 aliphatic heterocycles. The number of hydrogen-bond acceptors (Lipinski definition) is 3. The lowest BCUT2D eigenvalue weighted by Gasteiger charge is -1.91. The second-order valence-corrected chi connectivity index (χ2v) is 3.74. The van der Waals surface area contributed by atoms with Crippen LogP contribution in [0.5, 0.6) is 0 Å². The van der Waals surface area contributed by atoms with E-state index in [1.165, 1.54) is 0 Å². The zero-order valence-corrected chi connectivity index (χ0v) is 9.45. The molecule has 5 heteroatoms. The van der Waals surface area contributed by atoms with Crippen LogP contribution < -0.4 is 0 Å². The zero-order chi connectivity index (χ0) is 10.8. The third kappa shape index (κ3) is 2.04. The van der Waals surface area contributed by atoms with E-state index in [9.17, 15) is 0 Å². The molecule has 0 aliphatic carbocycles. The molecule has 0 saturated carbocycles. The van der Waals surface area contributed by atoms with Crippen molar-refractivity contribution < 1.29 is 4.42 Å². The molecule has 2 heterocycles. The molecular formula is C10H12ClN3O. The largest absolute Gasteiger partial charge is 0.441 e. The van der Waals surface area contributed by atoms with Crippen molar-refractivity contribution in [3.63, 3.8) is 0 Å². The third-order valence-electron chi connectivity index (χ3n) is 2.14. The summed E-state index contributed by atoms with van der Waals surface area (Å²) in [5.41, 5.74) is 1.91. The summed E-state index contributed by atoms with van der Waals surface area (Å²) in [4.78, 5) is 4.14. The van der Waals surface area contributed by atoms with E-state index in [1.807, 2.05) is 20.2 Å². The molecule has 0 unspecified atom stereocenters. The third-order valence-corrected chi connectivity index (χ3v) is 2.33. The summed E-state index contributed by atoms with van der Waals surface area (Å²) in [6, 6.07) is 0. The first kappa shape index (κ1) is 10.2. The van der Waals surface area contributed by atoms with Gasteiger partial charge in [0.1, 0.15) is 0 Å². The van der Waals surface area contributed by atoms with E-state index in [1.54, 1.807) is 10.9 Å². The summed E-state index contributed by atoms with van der Waals surface area (Å²) in [6.45, 7) is 1.94. The molecule has 0 aliphatic rings. The highest BCUT2D eigenvalue weighted by Gasteiger charge is 2.11. The van der Waals surface area contributed by atoms with Gasteiger partial charge < -0.3 is 4.42 Å². The van der Waals surface area contributed by atoms with Crippen molar-refractivity contribution in [1.29, 1.82) is 0 Å². The molecule has 15 heavy (non-hydrogen) atoms. The minimum Gasteiger partial charge on any atom is -0.441 e. The number of nitrogens with zero attached hydrogens (tertiary/aromatic N) is 3. The summed E-state index contributed by atoms with van der Waals surface area (Å²) in [5, 5.41) is 4.25. The van der Waals surface area contributed by atoms with Crippen LogP contribution >= 0.6 is 11.6 Å². The lowest BCUT2D eigenvalue weighted by molar-refractivity contribution is 0.514. The number of oxazole rings is 1. The molecule has 0 saturated heterocycles. The van der Waals surface area contributed by atoms with E-state index in [-0.39, 0.29) is 0 Å². The van der Waals surface area contributed by atoms with Crippen molar-refractivity contribution in [2.75, 3.05) is 5.88 Å². The Morgan fingerprint density at radius 2 is 2.33 bits per heavy atom. The smallest absolute Gasteiger partial charge is 0.196 e. The van der Waals surface area contributed by atoms with E-state index in [0.29, 0.717) is 18.2 Å². The first-order chi connectivity index (χ1) is 7.20. The maximum absolute atomic E-state index is 5.61. The van der Waals surface area contributed by atoms with Crippen LogP contribution in [0.2, 0.25) is 0 Å². The Kier molecular flexibility index (Phi) is 2.77. The van der Waals surface area contributed by atoms with Gasteiger partial charge in [0.15, 0.2) is 11.7 Å². The highest BCUT2D eigenvalue weighted by molar-refractivity contribution is 6.17. The maximum atomic E-state index is 5.61. The zero-order valence-electron chi connectivity index (χ0n) is 8.70. The molecule has 2 rings (SSSR count). The first-order valence-electron chi connectivity index (χ1n) is 4.72. The molecule has 2 aromatic heterocycles.